The second-order valence-electron chi connectivity index (χ2n) is 5.40. The molecule has 1 aromatic heterocycles. The summed E-state index contributed by atoms with van der Waals surface area (Å²) in [6.07, 6.45) is 0. The van der Waals surface area contributed by atoms with Crippen LogP contribution in [0.5, 0.6) is 0 Å². The molecular weight excluding hydrogens is 212 g/mol. The lowest BCUT2D eigenvalue weighted by molar-refractivity contribution is 0.435. The van der Waals surface area contributed by atoms with Gasteiger partial charge in [-0.05, 0) is 29.5 Å². The van der Waals surface area contributed by atoms with Gasteiger partial charge >= 0.3 is 0 Å². The summed E-state index contributed by atoms with van der Waals surface area (Å²) < 4.78 is 5.22. The minimum absolute atomic E-state index is 0.119. The van der Waals surface area contributed by atoms with Crippen LogP contribution < -0.4 is 5.73 Å². The lowest BCUT2D eigenvalue weighted by Gasteiger charge is -2.20. The van der Waals surface area contributed by atoms with Crippen LogP contribution in [-0.2, 0) is 5.41 Å². The molecule has 0 fully saturated rings. The molecule has 3 nitrogen and oxygen atoms in total. The van der Waals surface area contributed by atoms with Gasteiger partial charge in [-0.3, -0.25) is 0 Å². The molecule has 2 aromatic rings. The number of anilines is 1. The van der Waals surface area contributed by atoms with Gasteiger partial charge in [0.25, 0.3) is 0 Å². The normalized spacial score (nSPS) is 11.8. The second kappa shape index (κ2) is 3.91. The fourth-order valence-electron chi connectivity index (χ4n) is 1.77. The molecule has 0 aliphatic rings. The molecule has 1 aromatic carbocycles. The van der Waals surface area contributed by atoms with Gasteiger partial charge < -0.3 is 10.3 Å². The van der Waals surface area contributed by atoms with Crippen molar-refractivity contribution in [1.29, 1.82) is 0 Å². The van der Waals surface area contributed by atoms with E-state index >= 15 is 0 Å². The van der Waals surface area contributed by atoms with Crippen molar-refractivity contribution in [2.24, 2.45) is 0 Å². The minimum Gasteiger partial charge on any atom is -0.381 e. The van der Waals surface area contributed by atoms with Crippen LogP contribution in [0, 0.1) is 6.92 Å². The van der Waals surface area contributed by atoms with Gasteiger partial charge in [0.1, 0.15) is 0 Å². The Morgan fingerprint density at radius 1 is 1.18 bits per heavy atom. The highest BCUT2D eigenvalue weighted by atomic mass is 16.5. The predicted octanol–water partition coefficient (Wildman–Crippen LogP) is 3.53. The average molecular weight is 230 g/mol. The van der Waals surface area contributed by atoms with E-state index in [1.54, 1.807) is 6.07 Å². The number of nitrogens with zero attached hydrogens (tertiary/aromatic N) is 1. The standard InChI is InChI=1S/C14H18N2O/c1-9-5-6-10(14(2,3)4)7-11(9)12-8-13(15)16-17-12/h5-8H,1-4H3,(H2,15,16). The SMILES string of the molecule is Cc1ccc(C(C)(C)C)cc1-c1cc(N)no1. The monoisotopic (exact) mass is 230 g/mol. The summed E-state index contributed by atoms with van der Waals surface area (Å²) in [6, 6.07) is 8.16. The average Bonchev–Trinajstić information content (AvgIpc) is 2.63. The summed E-state index contributed by atoms with van der Waals surface area (Å²) in [6.45, 7) is 8.63. The molecule has 0 atom stereocenters. The highest BCUT2D eigenvalue weighted by Gasteiger charge is 2.16. The van der Waals surface area contributed by atoms with E-state index in [0.717, 1.165) is 16.9 Å². The number of aromatic nitrogens is 1. The van der Waals surface area contributed by atoms with Crippen LogP contribution in [0.15, 0.2) is 28.8 Å². The zero-order valence-electron chi connectivity index (χ0n) is 10.7. The topological polar surface area (TPSA) is 52.0 Å². The van der Waals surface area contributed by atoms with Gasteiger partial charge in [-0.2, -0.15) is 0 Å². The Kier molecular flexibility index (Phi) is 2.69. The molecule has 0 bridgehead atoms. The first kappa shape index (κ1) is 11.7. The predicted molar refractivity (Wildman–Crippen MR) is 69.8 cm³/mol. The quantitative estimate of drug-likeness (QED) is 0.815. The molecule has 2 N–H and O–H groups in total. The highest BCUT2D eigenvalue weighted by Crippen LogP contribution is 2.30. The van der Waals surface area contributed by atoms with Crippen LogP contribution >= 0.6 is 0 Å². The van der Waals surface area contributed by atoms with E-state index in [-0.39, 0.29) is 5.41 Å². The molecule has 0 spiro atoms. The highest BCUT2D eigenvalue weighted by molar-refractivity contribution is 5.65. The molecule has 17 heavy (non-hydrogen) atoms. The third-order valence-electron chi connectivity index (χ3n) is 2.90. The summed E-state index contributed by atoms with van der Waals surface area (Å²) in [5.74, 6) is 1.15. The Labute approximate surface area is 102 Å². The van der Waals surface area contributed by atoms with Crippen LogP contribution in [0.2, 0.25) is 0 Å². The first-order chi connectivity index (χ1) is 7.88. The summed E-state index contributed by atoms with van der Waals surface area (Å²) >= 11 is 0. The summed E-state index contributed by atoms with van der Waals surface area (Å²) in [4.78, 5) is 0. The van der Waals surface area contributed by atoms with Crippen molar-refractivity contribution >= 4 is 5.82 Å². The van der Waals surface area contributed by atoms with E-state index < -0.39 is 0 Å². The minimum atomic E-state index is 0.119. The van der Waals surface area contributed by atoms with Crippen LogP contribution in [-0.4, -0.2) is 5.16 Å². The fraction of sp³-hybridized carbons (Fsp3) is 0.357. The van der Waals surface area contributed by atoms with Crippen molar-refractivity contribution in [2.45, 2.75) is 33.1 Å². The van der Waals surface area contributed by atoms with Crippen molar-refractivity contribution in [3.05, 3.63) is 35.4 Å². The largest absolute Gasteiger partial charge is 0.381 e. The van der Waals surface area contributed by atoms with Gasteiger partial charge in [0.2, 0.25) is 0 Å². The van der Waals surface area contributed by atoms with Gasteiger partial charge in [0, 0.05) is 11.6 Å². The van der Waals surface area contributed by atoms with Crippen LogP contribution in [0.1, 0.15) is 31.9 Å². The van der Waals surface area contributed by atoms with Gasteiger partial charge in [-0.25, -0.2) is 0 Å². The Morgan fingerprint density at radius 2 is 1.88 bits per heavy atom. The van der Waals surface area contributed by atoms with Gasteiger partial charge in [-0.1, -0.05) is 38.1 Å². The molecule has 1 heterocycles. The van der Waals surface area contributed by atoms with E-state index in [0.29, 0.717) is 5.82 Å². The van der Waals surface area contributed by atoms with Crippen LogP contribution in [0.3, 0.4) is 0 Å². The van der Waals surface area contributed by atoms with E-state index in [2.05, 4.69) is 51.1 Å². The van der Waals surface area contributed by atoms with E-state index in [1.165, 1.54) is 5.56 Å². The lowest BCUT2D eigenvalue weighted by atomic mass is 9.85. The number of hydrogen-bond acceptors (Lipinski definition) is 3. The van der Waals surface area contributed by atoms with Crippen molar-refractivity contribution in [1.82, 2.24) is 5.16 Å². The summed E-state index contributed by atoms with van der Waals surface area (Å²) in [5.41, 5.74) is 9.19. The first-order valence-electron chi connectivity index (χ1n) is 5.71. The molecule has 0 saturated carbocycles. The fourth-order valence-corrected chi connectivity index (χ4v) is 1.77. The molecule has 3 heteroatoms. The summed E-state index contributed by atoms with van der Waals surface area (Å²) in [7, 11) is 0. The Morgan fingerprint density at radius 3 is 2.41 bits per heavy atom. The van der Waals surface area contributed by atoms with Crippen molar-refractivity contribution < 1.29 is 4.52 Å². The molecule has 0 saturated heterocycles. The van der Waals surface area contributed by atoms with Gasteiger partial charge in [0.15, 0.2) is 11.6 Å². The number of rotatable bonds is 1. The second-order valence-corrected chi connectivity index (χ2v) is 5.40. The first-order valence-corrected chi connectivity index (χ1v) is 5.71. The third-order valence-corrected chi connectivity index (χ3v) is 2.90. The maximum atomic E-state index is 5.58. The van der Waals surface area contributed by atoms with Crippen molar-refractivity contribution in [3.8, 4) is 11.3 Å². The number of nitrogen functional groups attached to an aromatic ring is 1. The molecule has 0 unspecified atom stereocenters. The van der Waals surface area contributed by atoms with E-state index in [1.807, 2.05) is 0 Å². The molecule has 0 radical (unpaired) electrons. The van der Waals surface area contributed by atoms with Crippen LogP contribution in [0.4, 0.5) is 5.82 Å². The molecular formula is C14H18N2O. The Bertz CT molecular complexity index is 535. The van der Waals surface area contributed by atoms with E-state index in [4.69, 9.17) is 10.3 Å². The maximum absolute atomic E-state index is 5.58. The molecule has 0 aliphatic heterocycles. The molecule has 90 valence electrons. The number of aryl methyl sites for hydroxylation is 1. The van der Waals surface area contributed by atoms with Gasteiger partial charge in [-0.15, -0.1) is 0 Å². The summed E-state index contributed by atoms with van der Waals surface area (Å²) in [5, 5.41) is 3.73. The van der Waals surface area contributed by atoms with Crippen molar-refractivity contribution in [3.63, 3.8) is 0 Å². The van der Waals surface area contributed by atoms with Crippen molar-refractivity contribution in [2.75, 3.05) is 5.73 Å². The number of nitrogens with two attached hydrogens (primary N) is 1. The zero-order valence-corrected chi connectivity index (χ0v) is 10.7. The molecule has 0 aliphatic carbocycles. The lowest BCUT2D eigenvalue weighted by Crippen LogP contribution is -2.11. The number of hydrogen-bond donors (Lipinski definition) is 1. The molecule has 2 rings (SSSR count). The Balaban J connectivity index is 2.54. The van der Waals surface area contributed by atoms with Crippen LogP contribution in [0.25, 0.3) is 11.3 Å². The maximum Gasteiger partial charge on any atom is 0.169 e. The smallest absolute Gasteiger partial charge is 0.169 e. The molecule has 0 amide bonds. The Hall–Kier alpha value is -1.77. The third kappa shape index (κ3) is 2.33. The van der Waals surface area contributed by atoms with E-state index in [9.17, 15) is 0 Å². The number of benzene rings is 1. The zero-order chi connectivity index (χ0) is 12.6. The van der Waals surface area contributed by atoms with Gasteiger partial charge in [0.05, 0.1) is 0 Å².